The average molecular weight is 265 g/mol. The third-order valence-electron chi connectivity index (χ3n) is 3.20. The van der Waals surface area contributed by atoms with Gasteiger partial charge in [0.2, 0.25) is 0 Å². The molecule has 0 amide bonds. The number of carbonyl (C=O) groups excluding carboxylic acids is 1. The van der Waals surface area contributed by atoms with E-state index in [2.05, 4.69) is 36.0 Å². The van der Waals surface area contributed by atoms with Crippen LogP contribution in [0.4, 0.5) is 0 Å². The molecule has 1 aromatic rings. The summed E-state index contributed by atoms with van der Waals surface area (Å²) >= 11 is 0. The van der Waals surface area contributed by atoms with E-state index >= 15 is 0 Å². The van der Waals surface area contributed by atoms with Crippen LogP contribution < -0.4 is 10.1 Å². The molecule has 0 saturated carbocycles. The molecule has 0 atom stereocenters. The van der Waals surface area contributed by atoms with Crippen molar-refractivity contribution in [1.82, 2.24) is 5.32 Å². The van der Waals surface area contributed by atoms with Gasteiger partial charge in [0, 0.05) is 6.54 Å². The first kappa shape index (κ1) is 15.5. The molecule has 0 aliphatic carbocycles. The summed E-state index contributed by atoms with van der Waals surface area (Å²) in [6.45, 7) is 5.63. The van der Waals surface area contributed by atoms with Gasteiger partial charge in [0.25, 0.3) is 0 Å². The van der Waals surface area contributed by atoms with Gasteiger partial charge in [0.05, 0.1) is 20.6 Å². The number of benzene rings is 1. The fourth-order valence-corrected chi connectivity index (χ4v) is 1.88. The Labute approximate surface area is 115 Å². The van der Waals surface area contributed by atoms with Gasteiger partial charge in [-0.3, -0.25) is 4.79 Å². The van der Waals surface area contributed by atoms with E-state index < -0.39 is 0 Å². The maximum absolute atomic E-state index is 10.9. The molecule has 19 heavy (non-hydrogen) atoms. The zero-order valence-corrected chi connectivity index (χ0v) is 12.2. The maximum Gasteiger partial charge on any atom is 0.306 e. The van der Waals surface area contributed by atoms with Gasteiger partial charge in [-0.15, -0.1) is 0 Å². The van der Waals surface area contributed by atoms with E-state index in [4.69, 9.17) is 4.74 Å². The van der Waals surface area contributed by atoms with Crippen LogP contribution in [-0.2, 0) is 16.0 Å². The molecule has 106 valence electrons. The monoisotopic (exact) mass is 265 g/mol. The molecule has 1 N–H and O–H groups in total. The predicted octanol–water partition coefficient (Wildman–Crippen LogP) is 2.01. The van der Waals surface area contributed by atoms with Crippen molar-refractivity contribution in [3.63, 3.8) is 0 Å². The molecule has 0 bridgehead atoms. The summed E-state index contributed by atoms with van der Waals surface area (Å²) in [5.74, 6) is 0.745. The molecule has 0 aliphatic rings. The quantitative estimate of drug-likeness (QED) is 0.605. The standard InChI is InChI=1S/C15H23NO3/c1-11-9-13(14(18-3)10-12(11)2)5-7-16-8-6-15(17)19-4/h9-10,16H,5-8H2,1-4H3. The number of rotatable bonds is 7. The van der Waals surface area contributed by atoms with E-state index in [9.17, 15) is 4.79 Å². The highest BCUT2D eigenvalue weighted by Crippen LogP contribution is 2.23. The lowest BCUT2D eigenvalue weighted by Gasteiger charge is -2.12. The molecule has 0 unspecified atom stereocenters. The number of nitrogens with one attached hydrogen (secondary N) is 1. The molecule has 0 aromatic heterocycles. The molecule has 1 rings (SSSR count). The van der Waals surface area contributed by atoms with Crippen LogP contribution in [0.5, 0.6) is 5.75 Å². The van der Waals surface area contributed by atoms with Gasteiger partial charge >= 0.3 is 5.97 Å². The highest BCUT2D eigenvalue weighted by atomic mass is 16.5. The zero-order valence-electron chi connectivity index (χ0n) is 12.2. The number of aryl methyl sites for hydroxylation is 2. The van der Waals surface area contributed by atoms with E-state index in [0.29, 0.717) is 13.0 Å². The van der Waals surface area contributed by atoms with Gasteiger partial charge in [0.15, 0.2) is 0 Å². The van der Waals surface area contributed by atoms with E-state index in [0.717, 1.165) is 18.7 Å². The summed E-state index contributed by atoms with van der Waals surface area (Å²) < 4.78 is 9.97. The topological polar surface area (TPSA) is 47.6 Å². The Balaban J connectivity index is 2.44. The molecule has 0 fully saturated rings. The van der Waals surface area contributed by atoms with Crippen LogP contribution in [0.2, 0.25) is 0 Å². The van der Waals surface area contributed by atoms with Crippen LogP contribution in [0.1, 0.15) is 23.1 Å². The summed E-state index contributed by atoms with van der Waals surface area (Å²) in [7, 11) is 3.10. The van der Waals surface area contributed by atoms with E-state index in [-0.39, 0.29) is 5.97 Å². The van der Waals surface area contributed by atoms with Crippen molar-refractivity contribution >= 4 is 5.97 Å². The summed E-state index contributed by atoms with van der Waals surface area (Å²) in [6, 6.07) is 4.23. The van der Waals surface area contributed by atoms with E-state index in [1.807, 2.05) is 0 Å². The van der Waals surface area contributed by atoms with Crippen molar-refractivity contribution in [3.8, 4) is 5.75 Å². The second kappa shape index (κ2) is 7.79. The lowest BCUT2D eigenvalue weighted by molar-refractivity contribution is -0.140. The minimum absolute atomic E-state index is 0.184. The summed E-state index contributed by atoms with van der Waals surface area (Å²) in [6.07, 6.45) is 1.28. The van der Waals surface area contributed by atoms with E-state index in [1.54, 1.807) is 7.11 Å². The third kappa shape index (κ3) is 4.91. The predicted molar refractivity (Wildman–Crippen MR) is 75.7 cm³/mol. The summed E-state index contributed by atoms with van der Waals surface area (Å²) in [5.41, 5.74) is 3.70. The van der Waals surface area contributed by atoms with Gasteiger partial charge < -0.3 is 14.8 Å². The molecule has 0 aliphatic heterocycles. The number of carbonyl (C=O) groups is 1. The molecule has 4 heteroatoms. The number of esters is 1. The highest BCUT2D eigenvalue weighted by molar-refractivity contribution is 5.69. The highest BCUT2D eigenvalue weighted by Gasteiger charge is 2.06. The molecule has 0 heterocycles. The number of hydrogen-bond donors (Lipinski definition) is 1. The molecule has 4 nitrogen and oxygen atoms in total. The van der Waals surface area contributed by atoms with Crippen molar-refractivity contribution in [3.05, 3.63) is 28.8 Å². The van der Waals surface area contributed by atoms with Crippen LogP contribution in [-0.4, -0.2) is 33.3 Å². The van der Waals surface area contributed by atoms with Crippen LogP contribution in [0.15, 0.2) is 12.1 Å². The molecule has 0 spiro atoms. The Hall–Kier alpha value is -1.55. The second-order valence-corrected chi connectivity index (χ2v) is 4.57. The van der Waals surface area contributed by atoms with Crippen molar-refractivity contribution in [1.29, 1.82) is 0 Å². The number of ether oxygens (including phenoxy) is 2. The fraction of sp³-hybridized carbons (Fsp3) is 0.533. The molecule has 0 radical (unpaired) electrons. The zero-order chi connectivity index (χ0) is 14.3. The lowest BCUT2D eigenvalue weighted by atomic mass is 10.0. The first-order chi connectivity index (χ1) is 9.08. The number of hydrogen-bond acceptors (Lipinski definition) is 4. The Morgan fingerprint density at radius 3 is 2.47 bits per heavy atom. The maximum atomic E-state index is 10.9. The first-order valence-electron chi connectivity index (χ1n) is 6.50. The third-order valence-corrected chi connectivity index (χ3v) is 3.20. The normalized spacial score (nSPS) is 10.3. The summed E-state index contributed by atoms with van der Waals surface area (Å²) in [4.78, 5) is 10.9. The van der Waals surface area contributed by atoms with Gasteiger partial charge in [-0.1, -0.05) is 6.07 Å². The van der Waals surface area contributed by atoms with Gasteiger partial charge in [-0.25, -0.2) is 0 Å². The Morgan fingerprint density at radius 1 is 1.16 bits per heavy atom. The van der Waals surface area contributed by atoms with Crippen molar-refractivity contribution < 1.29 is 14.3 Å². The van der Waals surface area contributed by atoms with Crippen LogP contribution in [0.3, 0.4) is 0 Å². The molecular formula is C15H23NO3. The van der Waals surface area contributed by atoms with Crippen molar-refractivity contribution in [2.24, 2.45) is 0 Å². The SMILES string of the molecule is COC(=O)CCNCCc1cc(C)c(C)cc1OC. The van der Waals surface area contributed by atoms with Crippen LogP contribution >= 0.6 is 0 Å². The largest absolute Gasteiger partial charge is 0.496 e. The Kier molecular flexibility index (Phi) is 6.36. The average Bonchev–Trinajstić information content (AvgIpc) is 2.41. The second-order valence-electron chi connectivity index (χ2n) is 4.57. The van der Waals surface area contributed by atoms with Gasteiger partial charge in [-0.05, 0) is 49.6 Å². The van der Waals surface area contributed by atoms with E-state index in [1.165, 1.54) is 23.8 Å². The first-order valence-corrected chi connectivity index (χ1v) is 6.50. The minimum Gasteiger partial charge on any atom is -0.496 e. The molecule has 1 aromatic carbocycles. The molecule has 0 saturated heterocycles. The van der Waals surface area contributed by atoms with Crippen molar-refractivity contribution in [2.45, 2.75) is 26.7 Å². The number of methoxy groups -OCH3 is 2. The summed E-state index contributed by atoms with van der Waals surface area (Å²) in [5, 5.41) is 3.23. The van der Waals surface area contributed by atoms with Gasteiger partial charge in [-0.2, -0.15) is 0 Å². The lowest BCUT2D eigenvalue weighted by Crippen LogP contribution is -2.21. The minimum atomic E-state index is -0.184. The Bertz CT molecular complexity index is 430. The fourth-order valence-electron chi connectivity index (χ4n) is 1.88. The smallest absolute Gasteiger partial charge is 0.306 e. The van der Waals surface area contributed by atoms with Crippen LogP contribution in [0, 0.1) is 13.8 Å². The molecular weight excluding hydrogens is 242 g/mol. The van der Waals surface area contributed by atoms with Crippen molar-refractivity contribution in [2.75, 3.05) is 27.3 Å². The van der Waals surface area contributed by atoms with Gasteiger partial charge in [0.1, 0.15) is 5.75 Å². The van der Waals surface area contributed by atoms with Crippen LogP contribution in [0.25, 0.3) is 0 Å². The Morgan fingerprint density at radius 2 is 1.84 bits per heavy atom.